The third-order valence-corrected chi connectivity index (χ3v) is 3.73. The lowest BCUT2D eigenvalue weighted by atomic mass is 10.1. The molecule has 0 unspecified atom stereocenters. The highest BCUT2D eigenvalue weighted by Crippen LogP contribution is 2.30. The molecule has 0 aliphatic rings. The predicted molar refractivity (Wildman–Crippen MR) is 87.1 cm³/mol. The van der Waals surface area contributed by atoms with Crippen molar-refractivity contribution in [2.45, 2.75) is 32.6 Å². The van der Waals surface area contributed by atoms with Crippen LogP contribution in [-0.2, 0) is 0 Å². The normalized spacial score (nSPS) is 11.2. The molecule has 0 aliphatic heterocycles. The number of carbonyl (C=O) groups is 1. The highest BCUT2D eigenvalue weighted by molar-refractivity contribution is 7.98. The summed E-state index contributed by atoms with van der Waals surface area (Å²) in [7, 11) is 0. The van der Waals surface area contributed by atoms with Gasteiger partial charge in [-0.3, -0.25) is 0 Å². The molecule has 1 aromatic rings. The summed E-state index contributed by atoms with van der Waals surface area (Å²) in [6, 6.07) is 5.75. The molecule has 1 N–H and O–H groups in total. The number of thioether (sulfide) groups is 1. The Balaban J connectivity index is 3.27. The van der Waals surface area contributed by atoms with Gasteiger partial charge in [0.15, 0.2) is 0 Å². The average molecular weight is 295 g/mol. The smallest absolute Gasteiger partial charge is 0.338 e. The molecule has 1 rings (SSSR count). The van der Waals surface area contributed by atoms with Gasteiger partial charge in [-0.15, -0.1) is 11.8 Å². The third-order valence-electron chi connectivity index (χ3n) is 2.95. The third kappa shape index (κ3) is 4.44. The van der Waals surface area contributed by atoms with Crippen molar-refractivity contribution in [2.75, 3.05) is 24.2 Å². The van der Waals surface area contributed by atoms with Crippen LogP contribution in [0.15, 0.2) is 23.1 Å². The molecule has 0 amide bonds. The molecular weight excluding hydrogens is 270 g/mol. The Morgan fingerprint density at radius 2 is 1.75 bits per heavy atom. The van der Waals surface area contributed by atoms with Crippen LogP contribution in [0.2, 0.25) is 0 Å². The van der Waals surface area contributed by atoms with Crippen molar-refractivity contribution in [1.82, 2.24) is 0 Å². The molecule has 0 saturated heterocycles. The van der Waals surface area contributed by atoms with E-state index in [1.807, 2.05) is 24.5 Å². The number of nitrogens with zero attached hydrogens (tertiary/aromatic N) is 1. The van der Waals surface area contributed by atoms with Gasteiger partial charge in [0.1, 0.15) is 0 Å². The van der Waals surface area contributed by atoms with Crippen molar-refractivity contribution in [2.24, 2.45) is 11.8 Å². The minimum Gasteiger partial charge on any atom is -0.478 e. The van der Waals surface area contributed by atoms with E-state index in [9.17, 15) is 9.90 Å². The van der Waals surface area contributed by atoms with E-state index in [1.165, 1.54) is 11.8 Å². The van der Waals surface area contributed by atoms with E-state index in [-0.39, 0.29) is 0 Å². The first kappa shape index (κ1) is 16.9. The largest absolute Gasteiger partial charge is 0.478 e. The molecule has 4 heteroatoms. The highest BCUT2D eigenvalue weighted by atomic mass is 32.2. The molecule has 20 heavy (non-hydrogen) atoms. The highest BCUT2D eigenvalue weighted by Gasteiger charge is 2.20. The molecule has 0 heterocycles. The summed E-state index contributed by atoms with van der Waals surface area (Å²) >= 11 is 1.49. The van der Waals surface area contributed by atoms with E-state index in [1.54, 1.807) is 0 Å². The minimum absolute atomic E-state index is 0.432. The second-order valence-electron chi connectivity index (χ2n) is 5.85. The van der Waals surface area contributed by atoms with Crippen LogP contribution in [0.5, 0.6) is 0 Å². The maximum Gasteiger partial charge on any atom is 0.338 e. The van der Waals surface area contributed by atoms with Crippen molar-refractivity contribution >= 4 is 23.4 Å². The Labute approximate surface area is 126 Å². The standard InChI is InChI=1S/C16H25NO2S/c1-11(2)9-17(10-12(3)4)13-7-6-8-14(20-5)15(13)16(18)19/h6-8,11-12H,9-10H2,1-5H3,(H,18,19). The molecule has 0 aliphatic carbocycles. The Morgan fingerprint density at radius 1 is 1.20 bits per heavy atom. The number of hydrogen-bond donors (Lipinski definition) is 1. The van der Waals surface area contributed by atoms with E-state index in [4.69, 9.17) is 0 Å². The van der Waals surface area contributed by atoms with Crippen LogP contribution < -0.4 is 4.90 Å². The fourth-order valence-corrected chi connectivity index (χ4v) is 2.93. The Kier molecular flexibility index (Phi) is 6.40. The Bertz CT molecular complexity index is 448. The second-order valence-corrected chi connectivity index (χ2v) is 6.70. The van der Waals surface area contributed by atoms with E-state index in [0.29, 0.717) is 17.4 Å². The first-order chi connectivity index (χ1) is 9.36. The van der Waals surface area contributed by atoms with Gasteiger partial charge in [-0.25, -0.2) is 4.79 Å². The monoisotopic (exact) mass is 295 g/mol. The molecule has 0 fully saturated rings. The van der Waals surface area contributed by atoms with E-state index in [2.05, 4.69) is 32.6 Å². The number of aromatic carboxylic acids is 1. The van der Waals surface area contributed by atoms with Gasteiger partial charge >= 0.3 is 5.97 Å². The summed E-state index contributed by atoms with van der Waals surface area (Å²) in [5.74, 6) is 0.143. The number of carboxylic acids is 1. The van der Waals surface area contributed by atoms with Gasteiger partial charge in [0, 0.05) is 18.0 Å². The first-order valence-electron chi connectivity index (χ1n) is 7.02. The fraction of sp³-hybridized carbons (Fsp3) is 0.562. The molecule has 0 atom stereocenters. The molecule has 0 radical (unpaired) electrons. The maximum atomic E-state index is 11.6. The van der Waals surface area contributed by atoms with E-state index >= 15 is 0 Å². The number of hydrogen-bond acceptors (Lipinski definition) is 3. The van der Waals surface area contributed by atoms with Crippen LogP contribution in [-0.4, -0.2) is 30.4 Å². The molecule has 0 aromatic heterocycles. The predicted octanol–water partition coefficient (Wildman–Crippen LogP) is 4.23. The molecule has 0 bridgehead atoms. The zero-order chi connectivity index (χ0) is 15.3. The van der Waals surface area contributed by atoms with Crippen LogP contribution >= 0.6 is 11.8 Å². The van der Waals surface area contributed by atoms with Crippen LogP contribution in [0, 0.1) is 11.8 Å². The molecule has 0 spiro atoms. The van der Waals surface area contributed by atoms with Crippen LogP contribution in [0.25, 0.3) is 0 Å². The minimum atomic E-state index is -0.845. The summed E-state index contributed by atoms with van der Waals surface area (Å²) in [5.41, 5.74) is 1.27. The summed E-state index contributed by atoms with van der Waals surface area (Å²) in [4.78, 5) is 14.7. The number of carboxylic acid groups (broad SMARTS) is 1. The van der Waals surface area contributed by atoms with Crippen molar-refractivity contribution < 1.29 is 9.90 Å². The average Bonchev–Trinajstić information content (AvgIpc) is 2.35. The molecule has 0 saturated carbocycles. The van der Waals surface area contributed by atoms with Gasteiger partial charge in [-0.2, -0.15) is 0 Å². The summed E-state index contributed by atoms with van der Waals surface area (Å²) in [6.07, 6.45) is 1.92. The van der Waals surface area contributed by atoms with Crippen molar-refractivity contribution in [3.05, 3.63) is 23.8 Å². The summed E-state index contributed by atoms with van der Waals surface area (Å²) in [5, 5.41) is 9.55. The summed E-state index contributed by atoms with van der Waals surface area (Å²) < 4.78 is 0. The number of anilines is 1. The van der Waals surface area contributed by atoms with E-state index < -0.39 is 5.97 Å². The quantitative estimate of drug-likeness (QED) is 0.764. The topological polar surface area (TPSA) is 40.5 Å². The fourth-order valence-electron chi connectivity index (χ4n) is 2.32. The SMILES string of the molecule is CSc1cccc(N(CC(C)C)CC(C)C)c1C(=O)O. The van der Waals surface area contributed by atoms with Gasteiger partial charge in [0.25, 0.3) is 0 Å². The van der Waals surface area contributed by atoms with Gasteiger partial charge in [-0.1, -0.05) is 33.8 Å². The lowest BCUT2D eigenvalue weighted by Gasteiger charge is -2.30. The molecule has 112 valence electrons. The lowest BCUT2D eigenvalue weighted by molar-refractivity contribution is 0.0693. The van der Waals surface area contributed by atoms with Gasteiger partial charge < -0.3 is 10.0 Å². The zero-order valence-electron chi connectivity index (χ0n) is 13.0. The second kappa shape index (κ2) is 7.58. The van der Waals surface area contributed by atoms with Gasteiger partial charge in [0.2, 0.25) is 0 Å². The molecule has 1 aromatic carbocycles. The maximum absolute atomic E-state index is 11.6. The van der Waals surface area contributed by atoms with E-state index in [0.717, 1.165) is 23.7 Å². The van der Waals surface area contributed by atoms with Crippen LogP contribution in [0.1, 0.15) is 38.1 Å². The van der Waals surface area contributed by atoms with Gasteiger partial charge in [-0.05, 0) is 30.2 Å². The van der Waals surface area contributed by atoms with Crippen LogP contribution in [0.3, 0.4) is 0 Å². The lowest BCUT2D eigenvalue weighted by Crippen LogP contribution is -2.32. The number of rotatable bonds is 7. The van der Waals surface area contributed by atoms with Gasteiger partial charge in [0.05, 0.1) is 11.3 Å². The molecule has 3 nitrogen and oxygen atoms in total. The van der Waals surface area contributed by atoms with Crippen LogP contribution in [0.4, 0.5) is 5.69 Å². The summed E-state index contributed by atoms with van der Waals surface area (Å²) in [6.45, 7) is 10.4. The Morgan fingerprint density at radius 3 is 2.15 bits per heavy atom. The van der Waals surface area contributed by atoms with Crippen molar-refractivity contribution in [3.8, 4) is 0 Å². The Hall–Kier alpha value is -1.16. The van der Waals surface area contributed by atoms with Crippen molar-refractivity contribution in [1.29, 1.82) is 0 Å². The molecular formula is C16H25NO2S. The van der Waals surface area contributed by atoms with Crippen molar-refractivity contribution in [3.63, 3.8) is 0 Å². The first-order valence-corrected chi connectivity index (χ1v) is 8.24. The number of benzene rings is 1. The zero-order valence-corrected chi connectivity index (χ0v) is 13.8.